The van der Waals surface area contributed by atoms with E-state index < -0.39 is 0 Å². The molecule has 2 aromatic rings. The van der Waals surface area contributed by atoms with Crippen LogP contribution >= 0.6 is 0 Å². The average molecular weight is 259 g/mol. The number of benzene rings is 1. The van der Waals surface area contributed by atoms with E-state index in [-0.39, 0.29) is 6.04 Å². The number of aryl methyl sites for hydroxylation is 4. The molecular weight excluding hydrogens is 238 g/mol. The molecule has 1 atom stereocenters. The molecule has 0 saturated carbocycles. The molecule has 19 heavy (non-hydrogen) atoms. The first kappa shape index (κ1) is 13.7. The van der Waals surface area contributed by atoms with Gasteiger partial charge in [0, 0.05) is 7.05 Å². The third-order valence-electron chi connectivity index (χ3n) is 3.42. The molecule has 0 spiro atoms. The Balaban J connectivity index is 2.28. The number of nitrogens with zero attached hydrogens (tertiary/aromatic N) is 3. The highest BCUT2D eigenvalue weighted by atomic mass is 15.5. The van der Waals surface area contributed by atoms with Crippen molar-refractivity contribution in [3.63, 3.8) is 0 Å². The average Bonchev–Trinajstić information content (AvgIpc) is 2.75. The smallest absolute Gasteiger partial charge is 0.101 e. The van der Waals surface area contributed by atoms with Crippen molar-refractivity contribution in [2.75, 3.05) is 0 Å². The van der Waals surface area contributed by atoms with Crippen LogP contribution in [0, 0.1) is 20.8 Å². The van der Waals surface area contributed by atoms with Crippen LogP contribution in [0.5, 0.6) is 0 Å². The maximum atomic E-state index is 5.66. The zero-order valence-electron chi connectivity index (χ0n) is 11.9. The standard InChI is InChI=1S/C14H21N5/c1-9-5-10(2)12(11(3)6-9)7-13(17-15)14-8-16-19(4)18-14/h5-6,8,13,17H,7,15H2,1-4H3. The van der Waals surface area contributed by atoms with Gasteiger partial charge in [-0.1, -0.05) is 17.7 Å². The van der Waals surface area contributed by atoms with Crippen LogP contribution in [0.4, 0.5) is 0 Å². The highest BCUT2D eigenvalue weighted by molar-refractivity contribution is 5.38. The minimum absolute atomic E-state index is 0.0196. The molecule has 102 valence electrons. The molecule has 0 aliphatic rings. The van der Waals surface area contributed by atoms with Crippen molar-refractivity contribution in [1.82, 2.24) is 20.4 Å². The molecule has 0 fully saturated rings. The minimum atomic E-state index is -0.0196. The van der Waals surface area contributed by atoms with Crippen molar-refractivity contribution in [2.24, 2.45) is 12.9 Å². The minimum Gasteiger partial charge on any atom is -0.271 e. The number of hydrogen-bond acceptors (Lipinski definition) is 4. The van der Waals surface area contributed by atoms with Gasteiger partial charge in [0.1, 0.15) is 5.69 Å². The molecule has 0 aliphatic carbocycles. The molecule has 1 heterocycles. The number of hydrazine groups is 1. The van der Waals surface area contributed by atoms with Gasteiger partial charge in [0.15, 0.2) is 0 Å². The van der Waals surface area contributed by atoms with Gasteiger partial charge in [0.2, 0.25) is 0 Å². The van der Waals surface area contributed by atoms with Crippen molar-refractivity contribution < 1.29 is 0 Å². The first-order valence-electron chi connectivity index (χ1n) is 6.40. The van der Waals surface area contributed by atoms with Crippen molar-refractivity contribution in [3.8, 4) is 0 Å². The molecule has 3 N–H and O–H groups in total. The van der Waals surface area contributed by atoms with Gasteiger partial charge in [-0.25, -0.2) is 0 Å². The quantitative estimate of drug-likeness (QED) is 0.645. The molecule has 1 aromatic carbocycles. The molecule has 0 radical (unpaired) electrons. The second-order valence-corrected chi connectivity index (χ2v) is 5.06. The fourth-order valence-corrected chi connectivity index (χ4v) is 2.51. The molecule has 0 saturated heterocycles. The largest absolute Gasteiger partial charge is 0.271 e. The summed E-state index contributed by atoms with van der Waals surface area (Å²) in [5.74, 6) is 5.66. The summed E-state index contributed by atoms with van der Waals surface area (Å²) in [5, 5.41) is 8.41. The van der Waals surface area contributed by atoms with Crippen LogP contribution in [0.2, 0.25) is 0 Å². The van der Waals surface area contributed by atoms with Crippen molar-refractivity contribution in [3.05, 3.63) is 46.3 Å². The Hall–Kier alpha value is -1.72. The van der Waals surface area contributed by atoms with Crippen LogP contribution in [-0.2, 0) is 13.5 Å². The van der Waals surface area contributed by atoms with Gasteiger partial charge in [0.25, 0.3) is 0 Å². The molecule has 5 nitrogen and oxygen atoms in total. The molecule has 5 heteroatoms. The Morgan fingerprint density at radius 2 is 1.89 bits per heavy atom. The highest BCUT2D eigenvalue weighted by Gasteiger charge is 2.16. The predicted octanol–water partition coefficient (Wildman–Crippen LogP) is 1.49. The van der Waals surface area contributed by atoms with Crippen LogP contribution in [0.1, 0.15) is 34.0 Å². The zero-order valence-corrected chi connectivity index (χ0v) is 11.9. The first-order chi connectivity index (χ1) is 9.01. The zero-order chi connectivity index (χ0) is 14.0. The van der Waals surface area contributed by atoms with Crippen molar-refractivity contribution in [2.45, 2.75) is 33.2 Å². The lowest BCUT2D eigenvalue weighted by atomic mass is 9.94. The van der Waals surface area contributed by atoms with E-state index in [1.54, 1.807) is 18.0 Å². The fourth-order valence-electron chi connectivity index (χ4n) is 2.51. The van der Waals surface area contributed by atoms with Gasteiger partial charge < -0.3 is 0 Å². The lowest BCUT2D eigenvalue weighted by Crippen LogP contribution is -2.30. The number of aromatic nitrogens is 3. The monoisotopic (exact) mass is 259 g/mol. The van der Waals surface area contributed by atoms with E-state index in [4.69, 9.17) is 5.84 Å². The Labute approximate surface area is 113 Å². The summed E-state index contributed by atoms with van der Waals surface area (Å²) in [6, 6.07) is 4.38. The topological polar surface area (TPSA) is 68.8 Å². The molecule has 1 unspecified atom stereocenters. The summed E-state index contributed by atoms with van der Waals surface area (Å²) in [4.78, 5) is 1.55. The van der Waals surface area contributed by atoms with Gasteiger partial charge in [-0.05, 0) is 43.9 Å². The first-order valence-corrected chi connectivity index (χ1v) is 6.40. The van der Waals surface area contributed by atoms with E-state index in [1.807, 2.05) is 0 Å². The number of nitrogens with one attached hydrogen (secondary N) is 1. The summed E-state index contributed by atoms with van der Waals surface area (Å²) >= 11 is 0. The van der Waals surface area contributed by atoms with Gasteiger partial charge in [-0.15, -0.1) is 0 Å². The van der Waals surface area contributed by atoms with E-state index in [2.05, 4.69) is 48.5 Å². The highest BCUT2D eigenvalue weighted by Crippen LogP contribution is 2.22. The Morgan fingerprint density at radius 1 is 1.26 bits per heavy atom. The van der Waals surface area contributed by atoms with Crippen LogP contribution in [0.15, 0.2) is 18.3 Å². The SMILES string of the molecule is Cc1cc(C)c(CC(NN)c2cnn(C)n2)c(C)c1. The third kappa shape index (κ3) is 3.00. The maximum absolute atomic E-state index is 5.66. The van der Waals surface area contributed by atoms with Crippen LogP contribution < -0.4 is 11.3 Å². The molecule has 0 aliphatic heterocycles. The van der Waals surface area contributed by atoms with E-state index in [0.717, 1.165) is 12.1 Å². The molecule has 2 rings (SSSR count). The number of hydrogen-bond donors (Lipinski definition) is 2. The number of nitrogens with two attached hydrogens (primary N) is 1. The van der Waals surface area contributed by atoms with E-state index in [0.29, 0.717) is 0 Å². The Morgan fingerprint density at radius 3 is 2.37 bits per heavy atom. The van der Waals surface area contributed by atoms with E-state index >= 15 is 0 Å². The summed E-state index contributed by atoms with van der Waals surface area (Å²) in [5.41, 5.74) is 8.89. The van der Waals surface area contributed by atoms with Gasteiger partial charge >= 0.3 is 0 Å². The summed E-state index contributed by atoms with van der Waals surface area (Å²) in [6.07, 6.45) is 2.57. The van der Waals surface area contributed by atoms with E-state index in [9.17, 15) is 0 Å². The van der Waals surface area contributed by atoms with Crippen LogP contribution in [0.25, 0.3) is 0 Å². The molecular formula is C14H21N5. The van der Waals surface area contributed by atoms with Crippen molar-refractivity contribution in [1.29, 1.82) is 0 Å². The van der Waals surface area contributed by atoms with Crippen LogP contribution in [-0.4, -0.2) is 15.0 Å². The molecule has 1 aromatic heterocycles. The second-order valence-electron chi connectivity index (χ2n) is 5.06. The van der Waals surface area contributed by atoms with Gasteiger partial charge in [-0.2, -0.15) is 15.0 Å². The Kier molecular flexibility index (Phi) is 3.97. The lowest BCUT2D eigenvalue weighted by molar-refractivity contribution is 0.524. The third-order valence-corrected chi connectivity index (χ3v) is 3.42. The van der Waals surface area contributed by atoms with Crippen molar-refractivity contribution >= 4 is 0 Å². The van der Waals surface area contributed by atoms with Crippen LogP contribution in [0.3, 0.4) is 0 Å². The van der Waals surface area contributed by atoms with E-state index in [1.165, 1.54) is 22.3 Å². The number of rotatable bonds is 4. The summed E-state index contributed by atoms with van der Waals surface area (Å²) in [6.45, 7) is 6.39. The second kappa shape index (κ2) is 5.50. The van der Waals surface area contributed by atoms with Gasteiger partial charge in [-0.3, -0.25) is 11.3 Å². The lowest BCUT2D eigenvalue weighted by Gasteiger charge is -2.17. The maximum Gasteiger partial charge on any atom is 0.101 e. The summed E-state index contributed by atoms with van der Waals surface area (Å²) < 4.78 is 0. The molecule has 0 bridgehead atoms. The normalized spacial score (nSPS) is 12.7. The van der Waals surface area contributed by atoms with Gasteiger partial charge in [0.05, 0.1) is 12.2 Å². The Bertz CT molecular complexity index is 550. The summed E-state index contributed by atoms with van der Waals surface area (Å²) in [7, 11) is 1.81. The molecule has 0 amide bonds. The fraction of sp³-hybridized carbons (Fsp3) is 0.429. The predicted molar refractivity (Wildman–Crippen MR) is 75.4 cm³/mol.